The van der Waals surface area contributed by atoms with Gasteiger partial charge in [0.15, 0.2) is 5.65 Å². The number of alkyl halides is 5. The molecule has 2 aromatic heterocycles. The van der Waals surface area contributed by atoms with Crippen molar-refractivity contribution < 1.29 is 41.4 Å². The third-order valence-corrected chi connectivity index (χ3v) is 7.92. The molecular weight excluding hydrogens is 557 g/mol. The van der Waals surface area contributed by atoms with Crippen LogP contribution in [0.1, 0.15) is 61.9 Å². The molecule has 11 nitrogen and oxygen atoms in total. The Kier molecular flexibility index (Phi) is 8.42. The lowest BCUT2D eigenvalue weighted by Gasteiger charge is -2.31. The van der Waals surface area contributed by atoms with E-state index in [9.17, 15) is 32.0 Å². The van der Waals surface area contributed by atoms with E-state index in [2.05, 4.69) is 21.5 Å². The Hall–Kier alpha value is -3.58. The van der Waals surface area contributed by atoms with Crippen molar-refractivity contribution in [2.24, 2.45) is 17.1 Å². The van der Waals surface area contributed by atoms with Crippen molar-refractivity contribution in [3.05, 3.63) is 29.7 Å². The van der Waals surface area contributed by atoms with Crippen molar-refractivity contribution in [2.45, 2.75) is 68.7 Å². The second kappa shape index (κ2) is 11.4. The van der Waals surface area contributed by atoms with Crippen molar-refractivity contribution in [1.29, 1.82) is 5.26 Å². The van der Waals surface area contributed by atoms with Gasteiger partial charge < -0.3 is 25.8 Å². The quantitative estimate of drug-likeness (QED) is 0.415. The number of nitrogens with two attached hydrogens (primary N) is 1. The number of aliphatic carboxylic acids is 1. The van der Waals surface area contributed by atoms with Gasteiger partial charge in [0.05, 0.1) is 54.3 Å². The Morgan fingerprint density at radius 2 is 1.95 bits per heavy atom. The van der Waals surface area contributed by atoms with Crippen molar-refractivity contribution in [3.8, 4) is 6.07 Å². The predicted molar refractivity (Wildman–Crippen MR) is 131 cm³/mol. The normalized spacial score (nSPS) is 23.2. The highest BCUT2D eigenvalue weighted by atomic mass is 19.4. The average Bonchev–Trinajstić information content (AvgIpc) is 3.44. The van der Waals surface area contributed by atoms with Crippen LogP contribution in [0.25, 0.3) is 5.65 Å². The summed E-state index contributed by atoms with van der Waals surface area (Å²) in [4.78, 5) is 28.0. The van der Waals surface area contributed by atoms with Crippen LogP contribution in [-0.4, -0.2) is 75.0 Å². The molecule has 2 aromatic rings. The molecule has 1 saturated heterocycles. The number of imidazole rings is 1. The van der Waals surface area contributed by atoms with Crippen LogP contribution in [0.3, 0.4) is 0 Å². The summed E-state index contributed by atoms with van der Waals surface area (Å²) in [6.07, 6.45) is 0.355. The van der Waals surface area contributed by atoms with Gasteiger partial charge in [-0.15, -0.1) is 0 Å². The highest BCUT2D eigenvalue weighted by molar-refractivity contribution is 5.78. The van der Waals surface area contributed by atoms with E-state index in [1.165, 1.54) is 0 Å². The Morgan fingerprint density at radius 1 is 1.32 bits per heavy atom. The summed E-state index contributed by atoms with van der Waals surface area (Å²) in [5, 5.41) is 24.1. The van der Waals surface area contributed by atoms with Crippen molar-refractivity contribution in [3.63, 3.8) is 0 Å². The fraction of sp³-hybridized carbons (Fsp3) is 0.640. The number of nitrogens with one attached hydrogen (secondary N) is 1. The van der Waals surface area contributed by atoms with E-state index >= 15 is 0 Å². The number of carbonyl (C=O) groups is 2. The molecule has 3 aliphatic rings. The lowest BCUT2D eigenvalue weighted by molar-refractivity contribution is -0.192. The number of carboxylic acid groups (broad SMARTS) is 1. The maximum Gasteiger partial charge on any atom is 0.490 e. The van der Waals surface area contributed by atoms with Crippen LogP contribution in [0.4, 0.5) is 26.7 Å². The van der Waals surface area contributed by atoms with Crippen LogP contribution in [0.15, 0.2) is 18.5 Å². The first-order valence-electron chi connectivity index (χ1n) is 13.0. The molecule has 224 valence electrons. The summed E-state index contributed by atoms with van der Waals surface area (Å²) in [5.74, 6) is -5.41. The fourth-order valence-electron chi connectivity index (χ4n) is 5.25. The minimum absolute atomic E-state index is 0.0506. The molecule has 0 radical (unpaired) electrons. The lowest BCUT2D eigenvalue weighted by atomic mass is 9.81. The van der Waals surface area contributed by atoms with Crippen molar-refractivity contribution in [2.75, 3.05) is 20.3 Å². The molecule has 2 unspecified atom stereocenters. The highest BCUT2D eigenvalue weighted by Crippen LogP contribution is 2.49. The molecule has 4 N–H and O–H groups in total. The minimum Gasteiger partial charge on any atom is -0.475 e. The van der Waals surface area contributed by atoms with Gasteiger partial charge in [-0.3, -0.25) is 0 Å². The molecule has 1 aliphatic heterocycles. The predicted octanol–water partition coefficient (Wildman–Crippen LogP) is 3.57. The van der Waals surface area contributed by atoms with E-state index < -0.39 is 35.6 Å². The molecule has 3 atom stereocenters. The molecule has 41 heavy (non-hydrogen) atoms. The summed E-state index contributed by atoms with van der Waals surface area (Å²) >= 11 is 0. The zero-order valence-electron chi connectivity index (χ0n) is 22.1. The molecular formula is C25H30F5N7O4. The molecule has 2 saturated carbocycles. The van der Waals surface area contributed by atoms with Gasteiger partial charge in [0.25, 0.3) is 0 Å². The van der Waals surface area contributed by atoms with E-state index in [0.717, 1.165) is 18.4 Å². The summed E-state index contributed by atoms with van der Waals surface area (Å²) in [6, 6.07) is 2.94. The van der Waals surface area contributed by atoms with Gasteiger partial charge in [-0.05, 0) is 37.7 Å². The van der Waals surface area contributed by atoms with Gasteiger partial charge in [0, 0.05) is 32.1 Å². The first kappa shape index (κ1) is 30.4. The number of hydrogen-bond donors (Lipinski definition) is 3. The summed E-state index contributed by atoms with van der Waals surface area (Å²) < 4.78 is 65.8. The zero-order chi connectivity index (χ0) is 30.2. The number of hydrogen-bond acceptors (Lipinski definition) is 7. The molecule has 0 aromatic carbocycles. The van der Waals surface area contributed by atoms with Crippen molar-refractivity contribution in [1.82, 2.24) is 24.8 Å². The van der Waals surface area contributed by atoms with Crippen LogP contribution < -0.4 is 11.1 Å². The molecule has 2 aliphatic carbocycles. The van der Waals surface area contributed by atoms with Crippen LogP contribution in [0.2, 0.25) is 0 Å². The van der Waals surface area contributed by atoms with Crippen LogP contribution in [0.5, 0.6) is 0 Å². The number of urea groups is 1. The summed E-state index contributed by atoms with van der Waals surface area (Å²) in [7, 11) is 1.57. The van der Waals surface area contributed by atoms with Gasteiger partial charge in [-0.2, -0.15) is 23.5 Å². The number of nitrogens with zero attached hydrogens (tertiary/aromatic N) is 5. The van der Waals surface area contributed by atoms with E-state index in [-0.39, 0.29) is 37.4 Å². The van der Waals surface area contributed by atoms with Gasteiger partial charge in [-0.1, -0.05) is 0 Å². The third-order valence-electron chi connectivity index (χ3n) is 7.92. The molecule has 5 rings (SSSR count). The number of carboxylic acids is 1. The number of halogens is 5. The topological polar surface area (TPSA) is 159 Å². The average molecular weight is 588 g/mol. The Bertz CT molecular complexity index is 1310. The van der Waals surface area contributed by atoms with Crippen LogP contribution in [-0.2, 0) is 9.53 Å². The smallest absolute Gasteiger partial charge is 0.475 e. The number of methoxy groups -OCH3 is 1. The van der Waals surface area contributed by atoms with E-state index in [4.69, 9.17) is 20.4 Å². The van der Waals surface area contributed by atoms with E-state index in [1.54, 1.807) is 28.9 Å². The molecule has 3 heterocycles. The maximum atomic E-state index is 13.5. The Balaban J connectivity index is 0.000000493. The zero-order valence-corrected chi connectivity index (χ0v) is 22.1. The number of carbonyl (C=O) groups excluding carboxylic acids is 1. The lowest BCUT2D eigenvalue weighted by Crippen LogP contribution is -2.35. The number of aromatic nitrogens is 3. The summed E-state index contributed by atoms with van der Waals surface area (Å²) in [5.41, 5.74) is 7.88. The van der Waals surface area contributed by atoms with Crippen LogP contribution >= 0.6 is 0 Å². The first-order valence-corrected chi connectivity index (χ1v) is 13.0. The third kappa shape index (κ3) is 6.67. The number of rotatable bonds is 7. The van der Waals surface area contributed by atoms with Gasteiger partial charge in [0.2, 0.25) is 5.92 Å². The Morgan fingerprint density at radius 3 is 2.49 bits per heavy atom. The van der Waals surface area contributed by atoms with E-state index in [0.29, 0.717) is 30.7 Å². The maximum absolute atomic E-state index is 13.5. The molecule has 3 fully saturated rings. The van der Waals surface area contributed by atoms with Crippen molar-refractivity contribution >= 4 is 17.6 Å². The molecule has 0 bridgehead atoms. The SMILES string of the molecule is COCC(c1cnn2cc(C(N)C3CCC(F)(F)CC3)nc2c1)N1C[C@@H](C2(C#N)CC2)NC1=O.O=C(O)C(F)(F)F. The van der Waals surface area contributed by atoms with Gasteiger partial charge in [0.1, 0.15) is 0 Å². The summed E-state index contributed by atoms with van der Waals surface area (Å²) in [6.45, 7) is 0.684. The minimum atomic E-state index is -5.08. The largest absolute Gasteiger partial charge is 0.490 e. The monoisotopic (exact) mass is 587 g/mol. The highest BCUT2D eigenvalue weighted by Gasteiger charge is 2.54. The fourth-order valence-corrected chi connectivity index (χ4v) is 5.25. The Labute approximate surface area is 231 Å². The second-order valence-electron chi connectivity index (χ2n) is 10.7. The van der Waals surface area contributed by atoms with Gasteiger partial charge >= 0.3 is 18.2 Å². The number of amides is 2. The molecule has 0 spiro atoms. The van der Waals surface area contributed by atoms with E-state index in [1.807, 2.05) is 6.07 Å². The number of fused-ring (bicyclic) bond motifs is 1. The number of ether oxygens (including phenoxy) is 1. The number of nitriles is 1. The first-order chi connectivity index (χ1) is 19.2. The van der Waals surface area contributed by atoms with Gasteiger partial charge in [-0.25, -0.2) is 27.9 Å². The molecule has 2 amide bonds. The molecule has 16 heteroatoms. The second-order valence-corrected chi connectivity index (χ2v) is 10.7. The van der Waals surface area contributed by atoms with Crippen LogP contribution in [0, 0.1) is 22.7 Å². The standard InChI is InChI=1S/C23H29F2N7O2.C2HF3O2/c1-34-12-17(31-11-18(30-21(31)33)22(13-26)6-7-22)15-8-19-29-16(10-32(19)28-9-15)20(27)14-2-4-23(24,25)5-3-14;3-2(4,5)1(6)7/h8-10,14,17-18,20H,2-7,11-12,27H2,1H3,(H,30,33);(H,6,7)/t17?,18-,20?;/m0./s1.